The molecule has 1 heterocycles. The van der Waals surface area contributed by atoms with Crippen molar-refractivity contribution in [1.82, 2.24) is 5.32 Å². The Hall–Kier alpha value is -2.62. The van der Waals surface area contributed by atoms with Gasteiger partial charge in [0.25, 0.3) is 0 Å². The fourth-order valence-electron chi connectivity index (χ4n) is 2.90. The smallest absolute Gasteiger partial charge is 0.241 e. The lowest BCUT2D eigenvalue weighted by Crippen LogP contribution is -2.63. The summed E-state index contributed by atoms with van der Waals surface area (Å²) in [5.74, 6) is -0.879. The molecule has 2 atom stereocenters. The van der Waals surface area contributed by atoms with Crippen molar-refractivity contribution >= 4 is 17.5 Å². The highest BCUT2D eigenvalue weighted by Gasteiger charge is 2.45. The average Bonchev–Trinajstić information content (AvgIpc) is 2.59. The number of para-hydroxylation sites is 1. The average molecular weight is 308 g/mol. The van der Waals surface area contributed by atoms with Crippen LogP contribution in [-0.4, -0.2) is 17.9 Å². The first-order valence-electron chi connectivity index (χ1n) is 7.91. The quantitative estimate of drug-likeness (QED) is 0.682. The molecule has 3 rings (SSSR count). The van der Waals surface area contributed by atoms with E-state index in [4.69, 9.17) is 0 Å². The molecule has 2 aromatic carbocycles. The number of carbonyl (C=O) groups excluding carboxylic acids is 2. The van der Waals surface area contributed by atoms with Crippen LogP contribution in [0.4, 0.5) is 5.69 Å². The first-order chi connectivity index (χ1) is 11.2. The van der Waals surface area contributed by atoms with E-state index in [1.807, 2.05) is 67.6 Å². The Kier molecular flexibility index (Phi) is 4.42. The lowest BCUT2D eigenvalue weighted by atomic mass is 9.87. The van der Waals surface area contributed by atoms with Gasteiger partial charge in [-0.05, 0) is 24.1 Å². The minimum Gasteiger partial charge on any atom is -0.351 e. The van der Waals surface area contributed by atoms with Gasteiger partial charge in [-0.15, -0.1) is 0 Å². The monoisotopic (exact) mass is 308 g/mol. The zero-order valence-electron chi connectivity index (χ0n) is 13.1. The Morgan fingerprint density at radius 2 is 1.65 bits per heavy atom. The highest BCUT2D eigenvalue weighted by atomic mass is 16.2. The highest BCUT2D eigenvalue weighted by molar-refractivity contribution is 6.11. The summed E-state index contributed by atoms with van der Waals surface area (Å²) < 4.78 is 0. The summed E-state index contributed by atoms with van der Waals surface area (Å²) in [6.45, 7) is 2.44. The van der Waals surface area contributed by atoms with E-state index in [1.165, 1.54) is 0 Å². The molecule has 4 nitrogen and oxygen atoms in total. The molecule has 118 valence electrons. The SMILES string of the molecule is CC[C@@H]1NC(=O)[C@H]1C(=O)N(Cc1ccccc1)c1ccccc1. The van der Waals surface area contributed by atoms with E-state index in [0.717, 1.165) is 17.7 Å². The van der Waals surface area contributed by atoms with Crippen molar-refractivity contribution in [2.45, 2.75) is 25.9 Å². The molecule has 0 aliphatic carbocycles. The molecule has 1 N–H and O–H groups in total. The summed E-state index contributed by atoms with van der Waals surface area (Å²) in [5.41, 5.74) is 1.85. The van der Waals surface area contributed by atoms with Gasteiger partial charge < -0.3 is 10.2 Å². The van der Waals surface area contributed by atoms with E-state index >= 15 is 0 Å². The molecule has 1 aliphatic heterocycles. The van der Waals surface area contributed by atoms with Gasteiger partial charge in [0.1, 0.15) is 5.92 Å². The van der Waals surface area contributed by atoms with Gasteiger partial charge in [0.2, 0.25) is 11.8 Å². The molecule has 2 amide bonds. The maximum Gasteiger partial charge on any atom is 0.241 e. The molecular formula is C19H20N2O2. The van der Waals surface area contributed by atoms with Crippen LogP contribution in [0.2, 0.25) is 0 Å². The molecule has 0 spiro atoms. The molecule has 0 radical (unpaired) electrons. The topological polar surface area (TPSA) is 49.4 Å². The number of carbonyl (C=O) groups is 2. The van der Waals surface area contributed by atoms with Crippen LogP contribution in [0, 0.1) is 5.92 Å². The number of nitrogens with one attached hydrogen (secondary N) is 1. The van der Waals surface area contributed by atoms with Crippen LogP contribution in [0.5, 0.6) is 0 Å². The van der Waals surface area contributed by atoms with Crippen molar-refractivity contribution in [2.24, 2.45) is 5.92 Å². The van der Waals surface area contributed by atoms with Crippen LogP contribution in [0.1, 0.15) is 18.9 Å². The molecule has 0 aromatic heterocycles. The van der Waals surface area contributed by atoms with Crippen molar-refractivity contribution in [1.29, 1.82) is 0 Å². The lowest BCUT2D eigenvalue weighted by molar-refractivity contribution is -0.143. The Bertz CT molecular complexity index is 685. The number of hydrogen-bond acceptors (Lipinski definition) is 2. The van der Waals surface area contributed by atoms with Crippen molar-refractivity contribution in [3.8, 4) is 0 Å². The summed E-state index contributed by atoms with van der Waals surface area (Å²) in [5, 5.41) is 2.81. The third kappa shape index (κ3) is 3.11. The van der Waals surface area contributed by atoms with Gasteiger partial charge >= 0.3 is 0 Å². The fraction of sp³-hybridized carbons (Fsp3) is 0.263. The van der Waals surface area contributed by atoms with Crippen LogP contribution in [0.25, 0.3) is 0 Å². The van der Waals surface area contributed by atoms with Crippen molar-refractivity contribution in [3.05, 3.63) is 66.2 Å². The molecule has 0 bridgehead atoms. The molecule has 4 heteroatoms. The maximum atomic E-state index is 13.0. The van der Waals surface area contributed by atoms with Gasteiger partial charge in [0.05, 0.1) is 6.54 Å². The van der Waals surface area contributed by atoms with Gasteiger partial charge in [-0.2, -0.15) is 0 Å². The first-order valence-corrected chi connectivity index (χ1v) is 7.91. The number of rotatable bonds is 5. The molecular weight excluding hydrogens is 288 g/mol. The third-order valence-corrected chi connectivity index (χ3v) is 4.24. The molecule has 1 saturated heterocycles. The Labute approximate surface area is 136 Å². The van der Waals surface area contributed by atoms with E-state index in [-0.39, 0.29) is 17.9 Å². The van der Waals surface area contributed by atoms with Gasteiger partial charge in [-0.1, -0.05) is 55.5 Å². The Balaban J connectivity index is 1.89. The minimum atomic E-state index is -0.580. The number of anilines is 1. The number of nitrogens with zero attached hydrogens (tertiary/aromatic N) is 1. The summed E-state index contributed by atoms with van der Waals surface area (Å²) in [6.07, 6.45) is 0.760. The van der Waals surface area contributed by atoms with Crippen LogP contribution in [0.3, 0.4) is 0 Å². The second-order valence-corrected chi connectivity index (χ2v) is 5.75. The van der Waals surface area contributed by atoms with E-state index in [1.54, 1.807) is 4.90 Å². The molecule has 2 aromatic rings. The van der Waals surface area contributed by atoms with Crippen LogP contribution in [-0.2, 0) is 16.1 Å². The first kappa shape index (κ1) is 15.3. The maximum absolute atomic E-state index is 13.0. The lowest BCUT2D eigenvalue weighted by Gasteiger charge is -2.38. The van der Waals surface area contributed by atoms with Crippen molar-refractivity contribution < 1.29 is 9.59 Å². The van der Waals surface area contributed by atoms with Gasteiger partial charge in [0, 0.05) is 11.7 Å². The van der Waals surface area contributed by atoms with E-state index in [9.17, 15) is 9.59 Å². The minimum absolute atomic E-state index is 0.0583. The second kappa shape index (κ2) is 6.65. The van der Waals surface area contributed by atoms with Crippen molar-refractivity contribution in [3.63, 3.8) is 0 Å². The highest BCUT2D eigenvalue weighted by Crippen LogP contribution is 2.25. The van der Waals surface area contributed by atoms with Crippen LogP contribution < -0.4 is 10.2 Å². The van der Waals surface area contributed by atoms with Crippen LogP contribution in [0.15, 0.2) is 60.7 Å². The predicted octanol–water partition coefficient (Wildman–Crippen LogP) is 2.74. The number of β-lactam (4-membered cyclic amide) rings is 1. The molecule has 0 saturated carbocycles. The fourth-order valence-corrected chi connectivity index (χ4v) is 2.90. The molecule has 1 fully saturated rings. The van der Waals surface area contributed by atoms with Gasteiger partial charge in [0.15, 0.2) is 0 Å². The largest absolute Gasteiger partial charge is 0.351 e. The van der Waals surface area contributed by atoms with E-state index in [0.29, 0.717) is 6.54 Å². The number of hydrogen-bond donors (Lipinski definition) is 1. The van der Waals surface area contributed by atoms with E-state index < -0.39 is 5.92 Å². The van der Waals surface area contributed by atoms with E-state index in [2.05, 4.69) is 5.32 Å². The van der Waals surface area contributed by atoms with Crippen molar-refractivity contribution in [2.75, 3.05) is 4.90 Å². The summed E-state index contributed by atoms with van der Waals surface area (Å²) in [6, 6.07) is 19.3. The second-order valence-electron chi connectivity index (χ2n) is 5.75. The Morgan fingerprint density at radius 3 is 2.22 bits per heavy atom. The third-order valence-electron chi connectivity index (χ3n) is 4.24. The standard InChI is InChI=1S/C19H20N2O2/c1-2-16-17(18(22)20-16)19(23)21(15-11-7-4-8-12-15)13-14-9-5-3-6-10-14/h3-12,16-17H,2,13H2,1H3,(H,20,22)/t16-,17-/m0/s1. The number of benzene rings is 2. The molecule has 0 unspecified atom stereocenters. The normalized spacial score (nSPS) is 19.6. The summed E-state index contributed by atoms with van der Waals surface area (Å²) in [4.78, 5) is 26.6. The summed E-state index contributed by atoms with van der Waals surface area (Å²) in [7, 11) is 0. The van der Waals surface area contributed by atoms with Gasteiger partial charge in [-0.3, -0.25) is 9.59 Å². The zero-order valence-corrected chi connectivity index (χ0v) is 13.1. The predicted molar refractivity (Wildman–Crippen MR) is 89.8 cm³/mol. The zero-order chi connectivity index (χ0) is 16.2. The summed E-state index contributed by atoms with van der Waals surface area (Å²) >= 11 is 0. The molecule has 23 heavy (non-hydrogen) atoms. The van der Waals surface area contributed by atoms with Crippen LogP contribution >= 0.6 is 0 Å². The molecule has 1 aliphatic rings. The van der Waals surface area contributed by atoms with Gasteiger partial charge in [-0.25, -0.2) is 0 Å². The Morgan fingerprint density at radius 1 is 1.04 bits per heavy atom. The number of amides is 2.